The summed E-state index contributed by atoms with van der Waals surface area (Å²) >= 11 is 0. The highest BCUT2D eigenvalue weighted by Gasteiger charge is 2.30. The molecule has 0 saturated heterocycles. The number of aromatic nitrogens is 2. The molecule has 1 aromatic heterocycles. The van der Waals surface area contributed by atoms with E-state index in [1.54, 1.807) is 7.11 Å². The molecule has 0 spiro atoms. The van der Waals surface area contributed by atoms with Gasteiger partial charge in [-0.1, -0.05) is 11.6 Å². The Hall–Kier alpha value is -0.940. The molecule has 2 atom stereocenters. The molecule has 1 fully saturated rings. The molecule has 15 heavy (non-hydrogen) atoms. The maximum absolute atomic E-state index is 5.97. The predicted molar refractivity (Wildman–Crippen MR) is 54.4 cm³/mol. The van der Waals surface area contributed by atoms with Crippen molar-refractivity contribution >= 4 is 0 Å². The van der Waals surface area contributed by atoms with Crippen molar-refractivity contribution in [2.45, 2.75) is 37.6 Å². The van der Waals surface area contributed by atoms with E-state index in [1.807, 2.05) is 0 Å². The van der Waals surface area contributed by atoms with Crippen molar-refractivity contribution in [3.05, 3.63) is 11.7 Å². The Morgan fingerprint density at radius 1 is 1.53 bits per heavy atom. The Balaban J connectivity index is 1.99. The van der Waals surface area contributed by atoms with E-state index in [1.165, 1.54) is 0 Å². The van der Waals surface area contributed by atoms with E-state index in [2.05, 4.69) is 10.1 Å². The molecular weight excluding hydrogens is 194 g/mol. The van der Waals surface area contributed by atoms with Crippen LogP contribution in [0.4, 0.5) is 0 Å². The fraction of sp³-hybridized carbons (Fsp3) is 0.800. The minimum atomic E-state index is 0.181. The van der Waals surface area contributed by atoms with Gasteiger partial charge in [-0.2, -0.15) is 4.98 Å². The average molecular weight is 211 g/mol. The van der Waals surface area contributed by atoms with E-state index in [0.717, 1.165) is 19.3 Å². The van der Waals surface area contributed by atoms with Crippen LogP contribution in [-0.4, -0.2) is 29.9 Å². The normalized spacial score (nSPS) is 26.0. The maximum atomic E-state index is 5.97. The number of ether oxygens (including phenoxy) is 1. The van der Waals surface area contributed by atoms with Gasteiger partial charge in [-0.3, -0.25) is 0 Å². The third-order valence-corrected chi connectivity index (χ3v) is 2.90. The summed E-state index contributed by atoms with van der Waals surface area (Å²) in [5.74, 6) is 1.67. The largest absolute Gasteiger partial charge is 0.384 e. The minimum absolute atomic E-state index is 0.181. The second-order valence-electron chi connectivity index (χ2n) is 3.99. The fourth-order valence-corrected chi connectivity index (χ4v) is 2.01. The quantitative estimate of drug-likeness (QED) is 0.799. The van der Waals surface area contributed by atoms with Crippen molar-refractivity contribution in [1.82, 2.24) is 10.1 Å². The molecule has 0 amide bonds. The standard InChI is InChI=1S/C10H17N3O2/c1-14-6-5-9-12-10(15-13-9)7-3-2-4-8(7)11/h7-8H,2-6,11H2,1H3/t7-,8-/m0/s1. The second-order valence-corrected chi connectivity index (χ2v) is 3.99. The van der Waals surface area contributed by atoms with E-state index in [9.17, 15) is 0 Å². The first-order valence-corrected chi connectivity index (χ1v) is 5.38. The van der Waals surface area contributed by atoms with Gasteiger partial charge in [0.05, 0.1) is 12.5 Å². The molecule has 1 aromatic rings. The molecule has 2 rings (SSSR count). The van der Waals surface area contributed by atoms with Crippen molar-refractivity contribution in [2.75, 3.05) is 13.7 Å². The second kappa shape index (κ2) is 4.72. The highest BCUT2D eigenvalue weighted by atomic mass is 16.5. The van der Waals surface area contributed by atoms with Crippen molar-refractivity contribution in [2.24, 2.45) is 5.73 Å². The van der Waals surface area contributed by atoms with Crippen LogP contribution >= 0.6 is 0 Å². The van der Waals surface area contributed by atoms with Crippen LogP contribution in [0.1, 0.15) is 36.9 Å². The highest BCUT2D eigenvalue weighted by molar-refractivity contribution is 5.02. The Morgan fingerprint density at radius 3 is 3.07 bits per heavy atom. The molecule has 0 aromatic carbocycles. The SMILES string of the molecule is COCCc1noc([C@H]2CCC[C@@H]2N)n1. The van der Waals surface area contributed by atoms with Crippen LogP contribution in [-0.2, 0) is 11.2 Å². The molecular formula is C10H17N3O2. The van der Waals surface area contributed by atoms with E-state index >= 15 is 0 Å². The molecule has 0 bridgehead atoms. The Kier molecular flexibility index (Phi) is 3.33. The van der Waals surface area contributed by atoms with Crippen molar-refractivity contribution in [1.29, 1.82) is 0 Å². The number of methoxy groups -OCH3 is 1. The third-order valence-electron chi connectivity index (χ3n) is 2.90. The molecule has 1 saturated carbocycles. The topological polar surface area (TPSA) is 74.2 Å². The summed E-state index contributed by atoms with van der Waals surface area (Å²) < 4.78 is 10.2. The van der Waals surface area contributed by atoms with Gasteiger partial charge in [-0.25, -0.2) is 0 Å². The summed E-state index contributed by atoms with van der Waals surface area (Å²) in [7, 11) is 1.66. The number of hydrogen-bond donors (Lipinski definition) is 1. The first-order valence-electron chi connectivity index (χ1n) is 5.38. The van der Waals surface area contributed by atoms with Crippen LogP contribution in [0.3, 0.4) is 0 Å². The van der Waals surface area contributed by atoms with Gasteiger partial charge in [-0.05, 0) is 12.8 Å². The summed E-state index contributed by atoms with van der Waals surface area (Å²) in [6.45, 7) is 0.621. The summed E-state index contributed by atoms with van der Waals surface area (Å²) in [6.07, 6.45) is 3.97. The molecule has 1 aliphatic rings. The van der Waals surface area contributed by atoms with E-state index in [0.29, 0.717) is 24.7 Å². The smallest absolute Gasteiger partial charge is 0.231 e. The molecule has 0 aliphatic heterocycles. The predicted octanol–water partition coefficient (Wildman–Crippen LogP) is 0.853. The van der Waals surface area contributed by atoms with Crippen LogP contribution in [0.2, 0.25) is 0 Å². The number of nitrogens with two attached hydrogens (primary N) is 1. The summed E-state index contributed by atoms with van der Waals surface area (Å²) in [4.78, 5) is 4.34. The Bertz CT molecular complexity index is 313. The van der Waals surface area contributed by atoms with E-state index in [4.69, 9.17) is 15.0 Å². The first-order chi connectivity index (χ1) is 7.31. The van der Waals surface area contributed by atoms with Crippen LogP contribution in [0, 0.1) is 0 Å². The maximum Gasteiger partial charge on any atom is 0.231 e. The minimum Gasteiger partial charge on any atom is -0.384 e. The van der Waals surface area contributed by atoms with Crippen LogP contribution in [0.25, 0.3) is 0 Å². The molecule has 2 N–H and O–H groups in total. The van der Waals surface area contributed by atoms with Crippen LogP contribution in [0.15, 0.2) is 4.52 Å². The summed E-state index contributed by atoms with van der Waals surface area (Å²) in [6, 6.07) is 0.181. The first kappa shape index (κ1) is 10.6. The van der Waals surface area contributed by atoms with Gasteiger partial charge in [0.1, 0.15) is 0 Å². The molecule has 0 radical (unpaired) electrons. The zero-order valence-corrected chi connectivity index (χ0v) is 8.98. The lowest BCUT2D eigenvalue weighted by Gasteiger charge is -2.08. The summed E-state index contributed by atoms with van der Waals surface area (Å²) in [5, 5.41) is 3.91. The average Bonchev–Trinajstić information content (AvgIpc) is 2.83. The zero-order chi connectivity index (χ0) is 10.7. The lowest BCUT2D eigenvalue weighted by atomic mass is 10.1. The van der Waals surface area contributed by atoms with Gasteiger partial charge >= 0.3 is 0 Å². The van der Waals surface area contributed by atoms with Gasteiger partial charge in [0.15, 0.2) is 5.82 Å². The monoisotopic (exact) mass is 211 g/mol. The van der Waals surface area contributed by atoms with Gasteiger partial charge < -0.3 is 15.0 Å². The molecule has 5 heteroatoms. The van der Waals surface area contributed by atoms with Gasteiger partial charge in [0.2, 0.25) is 5.89 Å². The number of rotatable bonds is 4. The lowest BCUT2D eigenvalue weighted by Crippen LogP contribution is -2.22. The van der Waals surface area contributed by atoms with Crippen molar-refractivity contribution in [3.63, 3.8) is 0 Å². The van der Waals surface area contributed by atoms with Gasteiger partial charge in [0, 0.05) is 19.6 Å². The van der Waals surface area contributed by atoms with E-state index < -0.39 is 0 Å². The Morgan fingerprint density at radius 2 is 2.40 bits per heavy atom. The Labute approximate surface area is 89.0 Å². The third kappa shape index (κ3) is 2.35. The number of nitrogens with zero attached hydrogens (tertiary/aromatic N) is 2. The van der Waals surface area contributed by atoms with Crippen molar-refractivity contribution in [3.8, 4) is 0 Å². The number of hydrogen-bond acceptors (Lipinski definition) is 5. The zero-order valence-electron chi connectivity index (χ0n) is 8.98. The fourth-order valence-electron chi connectivity index (χ4n) is 2.01. The molecule has 1 aliphatic carbocycles. The lowest BCUT2D eigenvalue weighted by molar-refractivity contribution is 0.199. The molecule has 84 valence electrons. The molecule has 1 heterocycles. The van der Waals surface area contributed by atoms with Crippen LogP contribution in [0.5, 0.6) is 0 Å². The highest BCUT2D eigenvalue weighted by Crippen LogP contribution is 2.32. The molecule has 0 unspecified atom stereocenters. The van der Waals surface area contributed by atoms with Gasteiger partial charge in [0.25, 0.3) is 0 Å². The van der Waals surface area contributed by atoms with E-state index in [-0.39, 0.29) is 12.0 Å². The molecule has 5 nitrogen and oxygen atoms in total. The van der Waals surface area contributed by atoms with Gasteiger partial charge in [-0.15, -0.1) is 0 Å². The van der Waals surface area contributed by atoms with Crippen molar-refractivity contribution < 1.29 is 9.26 Å². The summed E-state index contributed by atoms with van der Waals surface area (Å²) in [5.41, 5.74) is 5.97. The van der Waals surface area contributed by atoms with Crippen LogP contribution < -0.4 is 5.73 Å².